The molecule has 5 nitrogen and oxygen atoms in total. The molecule has 1 saturated heterocycles. The van der Waals surface area contributed by atoms with Gasteiger partial charge < -0.3 is 19.5 Å². The van der Waals surface area contributed by atoms with E-state index in [1.165, 1.54) is 7.11 Å². The zero-order valence-corrected chi connectivity index (χ0v) is 11.8. The SMILES string of the molecule is COC(=O)c1ccc(N2CCOCC2)c(C)c1O.Cl. The summed E-state index contributed by atoms with van der Waals surface area (Å²) in [6, 6.07) is 3.44. The topological polar surface area (TPSA) is 59.0 Å². The van der Waals surface area contributed by atoms with Crippen molar-refractivity contribution in [1.82, 2.24) is 0 Å². The fourth-order valence-corrected chi connectivity index (χ4v) is 2.11. The zero-order valence-electron chi connectivity index (χ0n) is 11.0. The van der Waals surface area contributed by atoms with Crippen molar-refractivity contribution < 1.29 is 19.4 Å². The number of methoxy groups -OCH3 is 1. The van der Waals surface area contributed by atoms with Crippen molar-refractivity contribution in [2.75, 3.05) is 38.3 Å². The number of benzene rings is 1. The van der Waals surface area contributed by atoms with Gasteiger partial charge in [-0.2, -0.15) is 0 Å². The number of rotatable bonds is 2. The van der Waals surface area contributed by atoms with Crippen molar-refractivity contribution in [3.05, 3.63) is 23.3 Å². The number of hydrogen-bond acceptors (Lipinski definition) is 5. The van der Waals surface area contributed by atoms with E-state index in [-0.39, 0.29) is 23.7 Å². The van der Waals surface area contributed by atoms with Crippen LogP contribution in [0.5, 0.6) is 5.75 Å². The van der Waals surface area contributed by atoms with E-state index in [0.29, 0.717) is 18.8 Å². The van der Waals surface area contributed by atoms with Gasteiger partial charge in [-0.05, 0) is 19.1 Å². The van der Waals surface area contributed by atoms with E-state index >= 15 is 0 Å². The second kappa shape index (κ2) is 6.63. The van der Waals surface area contributed by atoms with Gasteiger partial charge in [-0.1, -0.05) is 0 Å². The number of anilines is 1. The molecule has 0 aliphatic carbocycles. The average molecular weight is 288 g/mol. The number of aromatic hydroxyl groups is 1. The van der Waals surface area contributed by atoms with Crippen LogP contribution in [0.3, 0.4) is 0 Å². The molecule has 1 heterocycles. The largest absolute Gasteiger partial charge is 0.507 e. The van der Waals surface area contributed by atoms with Crippen LogP contribution in [-0.4, -0.2) is 44.5 Å². The maximum absolute atomic E-state index is 11.5. The Morgan fingerprint density at radius 3 is 2.58 bits per heavy atom. The molecule has 1 fully saturated rings. The Morgan fingerprint density at radius 2 is 2.00 bits per heavy atom. The van der Waals surface area contributed by atoms with E-state index in [2.05, 4.69) is 9.64 Å². The molecule has 0 aromatic heterocycles. The van der Waals surface area contributed by atoms with Crippen LogP contribution in [-0.2, 0) is 9.47 Å². The van der Waals surface area contributed by atoms with Gasteiger partial charge in [0.05, 0.1) is 20.3 Å². The quantitative estimate of drug-likeness (QED) is 0.840. The molecule has 19 heavy (non-hydrogen) atoms. The predicted molar refractivity (Wildman–Crippen MR) is 74.5 cm³/mol. The molecule has 0 bridgehead atoms. The molecule has 1 aromatic rings. The number of halogens is 1. The fourth-order valence-electron chi connectivity index (χ4n) is 2.11. The van der Waals surface area contributed by atoms with E-state index < -0.39 is 5.97 Å². The molecule has 0 atom stereocenters. The molecule has 0 unspecified atom stereocenters. The number of carbonyl (C=O) groups excluding carboxylic acids is 1. The monoisotopic (exact) mass is 287 g/mol. The van der Waals surface area contributed by atoms with E-state index in [1.54, 1.807) is 13.0 Å². The van der Waals surface area contributed by atoms with Crippen LogP contribution in [0.25, 0.3) is 0 Å². The fraction of sp³-hybridized carbons (Fsp3) is 0.462. The van der Waals surface area contributed by atoms with Gasteiger partial charge in [-0.15, -0.1) is 12.4 Å². The Hall–Kier alpha value is -1.46. The Balaban J connectivity index is 0.00000180. The number of esters is 1. The number of ether oxygens (including phenoxy) is 2. The summed E-state index contributed by atoms with van der Waals surface area (Å²) in [6.07, 6.45) is 0. The van der Waals surface area contributed by atoms with Crippen LogP contribution in [0, 0.1) is 6.92 Å². The Kier molecular flexibility index (Phi) is 5.44. The number of morpholine rings is 1. The van der Waals surface area contributed by atoms with Crippen molar-refractivity contribution >= 4 is 24.1 Å². The normalized spacial score (nSPS) is 14.7. The predicted octanol–water partition coefficient (Wildman–Crippen LogP) is 1.75. The first-order chi connectivity index (χ1) is 8.65. The smallest absolute Gasteiger partial charge is 0.341 e. The molecule has 0 saturated carbocycles. The molecule has 0 radical (unpaired) electrons. The van der Waals surface area contributed by atoms with Gasteiger partial charge in [0.1, 0.15) is 11.3 Å². The van der Waals surface area contributed by atoms with Crippen molar-refractivity contribution in [1.29, 1.82) is 0 Å². The molecule has 1 aliphatic rings. The lowest BCUT2D eigenvalue weighted by atomic mass is 10.1. The summed E-state index contributed by atoms with van der Waals surface area (Å²) >= 11 is 0. The molecule has 0 amide bonds. The van der Waals surface area contributed by atoms with Crippen LogP contribution in [0.15, 0.2) is 12.1 Å². The number of phenols is 1. The van der Waals surface area contributed by atoms with Crippen molar-refractivity contribution in [2.24, 2.45) is 0 Å². The third-order valence-electron chi connectivity index (χ3n) is 3.16. The molecule has 6 heteroatoms. The number of hydrogen-bond donors (Lipinski definition) is 1. The van der Waals surface area contributed by atoms with E-state index in [0.717, 1.165) is 18.8 Å². The molecule has 0 spiro atoms. The summed E-state index contributed by atoms with van der Waals surface area (Å²) in [6.45, 7) is 4.74. The minimum Gasteiger partial charge on any atom is -0.507 e. The minimum atomic E-state index is -0.524. The van der Waals surface area contributed by atoms with Gasteiger partial charge in [0, 0.05) is 24.3 Å². The van der Waals surface area contributed by atoms with Gasteiger partial charge in [0.2, 0.25) is 0 Å². The standard InChI is InChI=1S/C13H17NO4.ClH/c1-9-11(14-5-7-18-8-6-14)4-3-10(12(9)15)13(16)17-2;/h3-4,15H,5-8H2,1-2H3;1H. The molecule has 1 aromatic carbocycles. The Labute approximate surface area is 118 Å². The molecule has 106 valence electrons. The van der Waals surface area contributed by atoms with Crippen LogP contribution in [0.4, 0.5) is 5.69 Å². The molecular weight excluding hydrogens is 270 g/mol. The first-order valence-corrected chi connectivity index (χ1v) is 5.88. The molecule has 2 rings (SSSR count). The average Bonchev–Trinajstić information content (AvgIpc) is 2.42. The minimum absolute atomic E-state index is 0. The highest BCUT2D eigenvalue weighted by molar-refractivity contribution is 5.93. The third kappa shape index (κ3) is 3.11. The van der Waals surface area contributed by atoms with Crippen molar-refractivity contribution in [2.45, 2.75) is 6.92 Å². The lowest BCUT2D eigenvalue weighted by Gasteiger charge is -2.30. The number of nitrogens with zero attached hydrogens (tertiary/aromatic N) is 1. The first-order valence-electron chi connectivity index (χ1n) is 5.88. The van der Waals surface area contributed by atoms with Crippen LogP contribution < -0.4 is 4.90 Å². The summed E-state index contributed by atoms with van der Waals surface area (Å²) in [4.78, 5) is 13.6. The van der Waals surface area contributed by atoms with Gasteiger partial charge in [0.15, 0.2) is 0 Å². The second-order valence-electron chi connectivity index (χ2n) is 4.20. The number of phenolic OH excluding ortho intramolecular Hbond substituents is 1. The molecule has 1 aliphatic heterocycles. The van der Waals surface area contributed by atoms with Gasteiger partial charge in [-0.3, -0.25) is 0 Å². The summed E-state index contributed by atoms with van der Waals surface area (Å²) < 4.78 is 9.92. The lowest BCUT2D eigenvalue weighted by Crippen LogP contribution is -2.36. The first kappa shape index (κ1) is 15.6. The molecule has 1 N–H and O–H groups in total. The van der Waals surface area contributed by atoms with Crippen molar-refractivity contribution in [3.8, 4) is 5.75 Å². The highest BCUT2D eigenvalue weighted by atomic mass is 35.5. The summed E-state index contributed by atoms with van der Waals surface area (Å²) in [5, 5.41) is 10.1. The van der Waals surface area contributed by atoms with E-state index in [1.807, 2.05) is 6.07 Å². The van der Waals surface area contributed by atoms with Crippen LogP contribution >= 0.6 is 12.4 Å². The highest BCUT2D eigenvalue weighted by Crippen LogP contribution is 2.32. The van der Waals surface area contributed by atoms with E-state index in [4.69, 9.17) is 4.74 Å². The maximum atomic E-state index is 11.5. The van der Waals surface area contributed by atoms with Crippen LogP contribution in [0.1, 0.15) is 15.9 Å². The Morgan fingerprint density at radius 1 is 1.37 bits per heavy atom. The van der Waals surface area contributed by atoms with Gasteiger partial charge >= 0.3 is 5.97 Å². The lowest BCUT2D eigenvalue weighted by molar-refractivity contribution is 0.0597. The van der Waals surface area contributed by atoms with E-state index in [9.17, 15) is 9.90 Å². The maximum Gasteiger partial charge on any atom is 0.341 e. The third-order valence-corrected chi connectivity index (χ3v) is 3.16. The summed E-state index contributed by atoms with van der Waals surface area (Å²) in [5.74, 6) is -0.532. The summed E-state index contributed by atoms with van der Waals surface area (Å²) in [5.41, 5.74) is 1.83. The number of carbonyl (C=O) groups is 1. The summed E-state index contributed by atoms with van der Waals surface area (Å²) in [7, 11) is 1.30. The molecular formula is C13H18ClNO4. The second-order valence-corrected chi connectivity index (χ2v) is 4.20. The zero-order chi connectivity index (χ0) is 13.1. The highest BCUT2D eigenvalue weighted by Gasteiger charge is 2.19. The van der Waals surface area contributed by atoms with Crippen LogP contribution in [0.2, 0.25) is 0 Å². The Bertz CT molecular complexity index is 458. The van der Waals surface area contributed by atoms with Crippen molar-refractivity contribution in [3.63, 3.8) is 0 Å². The van der Waals surface area contributed by atoms with Gasteiger partial charge in [0.25, 0.3) is 0 Å². The van der Waals surface area contributed by atoms with Gasteiger partial charge in [-0.25, -0.2) is 4.79 Å².